The standard InChI is InChI=1S/C15H24N4O3/c1-6-18-9-16-10(2)12(18)13(20)17-11-7-19(8-11)14(21)22-15(3,4)5/h9,11H,6-8H2,1-5H3,(H,17,20). The van der Waals surface area contributed by atoms with Crippen LogP contribution in [-0.4, -0.2) is 51.2 Å². The van der Waals surface area contributed by atoms with Crippen LogP contribution < -0.4 is 5.32 Å². The summed E-state index contributed by atoms with van der Waals surface area (Å²) in [6.07, 6.45) is 1.32. The van der Waals surface area contributed by atoms with E-state index in [4.69, 9.17) is 4.74 Å². The fraction of sp³-hybridized carbons (Fsp3) is 0.667. The molecule has 7 nitrogen and oxygen atoms in total. The Morgan fingerprint density at radius 3 is 2.59 bits per heavy atom. The number of likely N-dealkylation sites (tertiary alicyclic amines) is 1. The Balaban J connectivity index is 1.86. The highest BCUT2D eigenvalue weighted by Crippen LogP contribution is 2.16. The van der Waals surface area contributed by atoms with Crippen molar-refractivity contribution in [1.82, 2.24) is 19.8 Å². The Labute approximate surface area is 130 Å². The van der Waals surface area contributed by atoms with Gasteiger partial charge in [0.2, 0.25) is 0 Å². The van der Waals surface area contributed by atoms with E-state index in [1.807, 2.05) is 39.2 Å². The molecule has 0 aliphatic carbocycles. The van der Waals surface area contributed by atoms with Gasteiger partial charge >= 0.3 is 6.09 Å². The molecule has 0 unspecified atom stereocenters. The molecule has 1 aliphatic rings. The number of imidazole rings is 1. The quantitative estimate of drug-likeness (QED) is 0.919. The molecule has 0 aromatic carbocycles. The third kappa shape index (κ3) is 3.58. The summed E-state index contributed by atoms with van der Waals surface area (Å²) in [6.45, 7) is 10.9. The van der Waals surface area contributed by atoms with Crippen LogP contribution in [0.5, 0.6) is 0 Å². The van der Waals surface area contributed by atoms with Gasteiger partial charge in [-0.25, -0.2) is 9.78 Å². The van der Waals surface area contributed by atoms with Gasteiger partial charge in [-0.05, 0) is 34.6 Å². The number of aromatic nitrogens is 2. The zero-order valence-electron chi connectivity index (χ0n) is 13.8. The van der Waals surface area contributed by atoms with Crippen molar-refractivity contribution in [1.29, 1.82) is 0 Å². The van der Waals surface area contributed by atoms with Crippen molar-refractivity contribution in [3.8, 4) is 0 Å². The molecule has 22 heavy (non-hydrogen) atoms. The van der Waals surface area contributed by atoms with E-state index in [2.05, 4.69) is 10.3 Å². The second-order valence-electron chi connectivity index (χ2n) is 6.52. The molecule has 2 amide bonds. The normalized spacial score (nSPS) is 15.4. The fourth-order valence-electron chi connectivity index (χ4n) is 2.32. The Bertz CT molecular complexity index is 568. The first kappa shape index (κ1) is 16.3. The average Bonchev–Trinajstić information content (AvgIpc) is 2.71. The topological polar surface area (TPSA) is 76.5 Å². The number of nitrogens with zero attached hydrogens (tertiary/aromatic N) is 3. The lowest BCUT2D eigenvalue weighted by molar-refractivity contribution is 0.00528. The molecule has 1 N–H and O–H groups in total. The molecular weight excluding hydrogens is 284 g/mol. The number of hydrogen-bond acceptors (Lipinski definition) is 4. The van der Waals surface area contributed by atoms with Crippen molar-refractivity contribution in [3.63, 3.8) is 0 Å². The molecular formula is C15H24N4O3. The summed E-state index contributed by atoms with van der Waals surface area (Å²) in [4.78, 5) is 29.9. The summed E-state index contributed by atoms with van der Waals surface area (Å²) in [5.41, 5.74) is 0.789. The van der Waals surface area contributed by atoms with Crippen molar-refractivity contribution >= 4 is 12.0 Å². The van der Waals surface area contributed by atoms with Crippen molar-refractivity contribution in [2.24, 2.45) is 0 Å². The summed E-state index contributed by atoms with van der Waals surface area (Å²) in [5, 5.41) is 2.93. The minimum atomic E-state index is -0.504. The number of nitrogens with one attached hydrogen (secondary N) is 1. The van der Waals surface area contributed by atoms with Gasteiger partial charge in [0.05, 0.1) is 18.1 Å². The van der Waals surface area contributed by atoms with Gasteiger partial charge in [0.15, 0.2) is 0 Å². The van der Waals surface area contributed by atoms with E-state index in [1.54, 1.807) is 11.2 Å². The molecule has 2 heterocycles. The lowest BCUT2D eigenvalue weighted by Gasteiger charge is -2.39. The van der Waals surface area contributed by atoms with Crippen LogP contribution in [0.15, 0.2) is 6.33 Å². The van der Waals surface area contributed by atoms with Crippen LogP contribution in [0.2, 0.25) is 0 Å². The zero-order chi connectivity index (χ0) is 16.5. The summed E-state index contributed by atoms with van der Waals surface area (Å²) in [6, 6.07) is -0.0420. The molecule has 0 bridgehead atoms. The minimum absolute atomic E-state index is 0.0420. The second-order valence-corrected chi connectivity index (χ2v) is 6.52. The lowest BCUT2D eigenvalue weighted by Crippen LogP contribution is -2.61. The first-order valence-electron chi connectivity index (χ1n) is 7.51. The molecule has 7 heteroatoms. The number of carbonyl (C=O) groups excluding carboxylic acids is 2. The van der Waals surface area contributed by atoms with Crippen LogP contribution in [0, 0.1) is 6.92 Å². The highest BCUT2D eigenvalue weighted by atomic mass is 16.6. The first-order chi connectivity index (χ1) is 10.2. The van der Waals surface area contributed by atoms with Gasteiger partial charge in [-0.2, -0.15) is 0 Å². The first-order valence-corrected chi connectivity index (χ1v) is 7.51. The number of rotatable bonds is 3. The van der Waals surface area contributed by atoms with Crippen LogP contribution in [0.1, 0.15) is 43.9 Å². The third-order valence-electron chi connectivity index (χ3n) is 3.44. The van der Waals surface area contributed by atoms with Crippen molar-refractivity contribution in [2.75, 3.05) is 13.1 Å². The largest absolute Gasteiger partial charge is 0.444 e. The lowest BCUT2D eigenvalue weighted by atomic mass is 10.1. The zero-order valence-corrected chi connectivity index (χ0v) is 13.8. The maximum atomic E-state index is 12.3. The maximum Gasteiger partial charge on any atom is 0.410 e. The second kappa shape index (κ2) is 5.98. The third-order valence-corrected chi connectivity index (χ3v) is 3.44. The molecule has 0 atom stereocenters. The monoisotopic (exact) mass is 308 g/mol. The molecule has 0 spiro atoms. The van der Waals surface area contributed by atoms with Gasteiger partial charge in [0, 0.05) is 19.6 Å². The van der Waals surface area contributed by atoms with Crippen LogP contribution in [0.4, 0.5) is 4.79 Å². The fourth-order valence-corrected chi connectivity index (χ4v) is 2.32. The van der Waals surface area contributed by atoms with E-state index < -0.39 is 5.60 Å². The van der Waals surface area contributed by atoms with Crippen molar-refractivity contribution in [3.05, 3.63) is 17.7 Å². The molecule has 1 fully saturated rings. The molecule has 122 valence electrons. The van der Waals surface area contributed by atoms with Crippen LogP contribution >= 0.6 is 0 Å². The summed E-state index contributed by atoms with van der Waals surface area (Å²) >= 11 is 0. The minimum Gasteiger partial charge on any atom is -0.444 e. The van der Waals surface area contributed by atoms with E-state index >= 15 is 0 Å². The summed E-state index contributed by atoms with van der Waals surface area (Å²) in [7, 11) is 0. The number of amides is 2. The van der Waals surface area contributed by atoms with Gasteiger partial charge < -0.3 is 19.5 Å². The average molecular weight is 308 g/mol. The maximum absolute atomic E-state index is 12.3. The van der Waals surface area contributed by atoms with Gasteiger partial charge in [-0.1, -0.05) is 0 Å². The SMILES string of the molecule is CCn1cnc(C)c1C(=O)NC1CN(C(=O)OC(C)(C)C)C1. The van der Waals surface area contributed by atoms with Crippen LogP contribution in [0.25, 0.3) is 0 Å². The number of hydrogen-bond donors (Lipinski definition) is 1. The number of ether oxygens (including phenoxy) is 1. The van der Waals surface area contributed by atoms with Gasteiger partial charge in [-0.15, -0.1) is 0 Å². The molecule has 1 saturated heterocycles. The number of aryl methyl sites for hydroxylation is 2. The van der Waals surface area contributed by atoms with E-state index in [0.717, 1.165) is 0 Å². The smallest absolute Gasteiger partial charge is 0.410 e. The van der Waals surface area contributed by atoms with E-state index in [-0.39, 0.29) is 18.0 Å². The number of carbonyl (C=O) groups is 2. The summed E-state index contributed by atoms with van der Waals surface area (Å²) < 4.78 is 7.10. The Morgan fingerprint density at radius 1 is 1.41 bits per heavy atom. The predicted molar refractivity (Wildman–Crippen MR) is 81.7 cm³/mol. The van der Waals surface area contributed by atoms with E-state index in [1.165, 1.54) is 0 Å². The van der Waals surface area contributed by atoms with Gasteiger partial charge in [0.25, 0.3) is 5.91 Å². The molecule has 0 radical (unpaired) electrons. The molecule has 1 aromatic rings. The van der Waals surface area contributed by atoms with E-state index in [9.17, 15) is 9.59 Å². The molecule has 1 aliphatic heterocycles. The van der Waals surface area contributed by atoms with Gasteiger partial charge in [-0.3, -0.25) is 4.79 Å². The molecule has 0 saturated carbocycles. The summed E-state index contributed by atoms with van der Waals surface area (Å²) in [5.74, 6) is -0.148. The van der Waals surface area contributed by atoms with Crippen LogP contribution in [0.3, 0.4) is 0 Å². The van der Waals surface area contributed by atoms with Gasteiger partial charge in [0.1, 0.15) is 11.3 Å². The van der Waals surface area contributed by atoms with Crippen LogP contribution in [-0.2, 0) is 11.3 Å². The highest BCUT2D eigenvalue weighted by molar-refractivity contribution is 5.94. The predicted octanol–water partition coefficient (Wildman–Crippen LogP) is 1.56. The molecule has 1 aromatic heterocycles. The van der Waals surface area contributed by atoms with Crippen molar-refractivity contribution in [2.45, 2.75) is 52.8 Å². The molecule has 2 rings (SSSR count). The van der Waals surface area contributed by atoms with E-state index in [0.29, 0.717) is 31.0 Å². The highest BCUT2D eigenvalue weighted by Gasteiger charge is 2.35. The Kier molecular flexibility index (Phi) is 4.44. The Hall–Kier alpha value is -2.05. The van der Waals surface area contributed by atoms with Crippen molar-refractivity contribution < 1.29 is 14.3 Å². The Morgan fingerprint density at radius 2 is 2.05 bits per heavy atom.